The Balaban J connectivity index is 2.05. The first-order valence-electron chi connectivity index (χ1n) is 6.00. The lowest BCUT2D eigenvalue weighted by Crippen LogP contribution is -2.14. The summed E-state index contributed by atoms with van der Waals surface area (Å²) in [5, 5.41) is 11.9. The highest BCUT2D eigenvalue weighted by atomic mass is 15.3. The Labute approximate surface area is 115 Å². The molecule has 0 aliphatic carbocycles. The summed E-state index contributed by atoms with van der Waals surface area (Å²) in [6, 6.07) is 7.44. The van der Waals surface area contributed by atoms with Gasteiger partial charge in [-0.05, 0) is 18.2 Å². The fourth-order valence-electron chi connectivity index (χ4n) is 1.95. The lowest BCUT2D eigenvalue weighted by Gasteiger charge is -2.04. The van der Waals surface area contributed by atoms with Gasteiger partial charge in [0.2, 0.25) is 0 Å². The molecule has 0 fully saturated rings. The molecule has 6 nitrogen and oxygen atoms in total. The van der Waals surface area contributed by atoms with E-state index in [1.165, 1.54) is 0 Å². The maximum atomic E-state index is 7.57. The van der Waals surface area contributed by atoms with Crippen molar-refractivity contribution in [2.24, 2.45) is 5.73 Å². The van der Waals surface area contributed by atoms with Crippen LogP contribution >= 0.6 is 0 Å². The molecule has 0 atom stereocenters. The van der Waals surface area contributed by atoms with Crippen LogP contribution in [0.5, 0.6) is 0 Å². The van der Waals surface area contributed by atoms with Crippen molar-refractivity contribution >= 4 is 5.84 Å². The van der Waals surface area contributed by atoms with Gasteiger partial charge in [-0.3, -0.25) is 15.4 Å². The molecule has 6 heteroatoms. The van der Waals surface area contributed by atoms with E-state index in [9.17, 15) is 0 Å². The molecular formula is C14H12N6. The topological polar surface area (TPSA) is 93.5 Å². The second-order valence-corrected chi connectivity index (χ2v) is 4.20. The highest BCUT2D eigenvalue weighted by molar-refractivity contribution is 5.99. The third kappa shape index (κ3) is 2.14. The number of nitrogens with two attached hydrogens (primary N) is 1. The van der Waals surface area contributed by atoms with Gasteiger partial charge >= 0.3 is 0 Å². The van der Waals surface area contributed by atoms with Gasteiger partial charge < -0.3 is 5.73 Å². The van der Waals surface area contributed by atoms with Crippen molar-refractivity contribution in [2.75, 3.05) is 0 Å². The average molecular weight is 264 g/mol. The second-order valence-electron chi connectivity index (χ2n) is 4.20. The molecule has 0 saturated carbocycles. The Morgan fingerprint density at radius 1 is 1.15 bits per heavy atom. The molecule has 0 saturated heterocycles. The molecule has 3 N–H and O–H groups in total. The molecule has 0 aromatic carbocycles. The van der Waals surface area contributed by atoms with Gasteiger partial charge in [-0.15, -0.1) is 0 Å². The summed E-state index contributed by atoms with van der Waals surface area (Å²) in [5.41, 5.74) is 8.52. The van der Waals surface area contributed by atoms with E-state index < -0.39 is 0 Å². The quantitative estimate of drug-likeness (QED) is 0.555. The monoisotopic (exact) mass is 264 g/mol. The number of hydrogen-bond donors (Lipinski definition) is 2. The molecule has 98 valence electrons. The van der Waals surface area contributed by atoms with Crippen molar-refractivity contribution in [3.63, 3.8) is 0 Å². The van der Waals surface area contributed by atoms with Crippen LogP contribution in [0.15, 0.2) is 55.2 Å². The van der Waals surface area contributed by atoms with Gasteiger partial charge in [0.1, 0.15) is 11.5 Å². The van der Waals surface area contributed by atoms with E-state index in [-0.39, 0.29) is 5.84 Å². The van der Waals surface area contributed by atoms with Gasteiger partial charge in [0.05, 0.1) is 18.1 Å². The van der Waals surface area contributed by atoms with Crippen LogP contribution in [0.25, 0.3) is 16.8 Å². The highest BCUT2D eigenvalue weighted by Crippen LogP contribution is 2.22. The Hall–Kier alpha value is -3.02. The molecule has 3 aromatic heterocycles. The molecule has 0 aliphatic rings. The normalized spacial score (nSPS) is 10.4. The van der Waals surface area contributed by atoms with Crippen molar-refractivity contribution in [1.82, 2.24) is 19.7 Å². The molecule has 0 spiro atoms. The van der Waals surface area contributed by atoms with E-state index in [0.29, 0.717) is 5.69 Å². The molecule has 0 unspecified atom stereocenters. The van der Waals surface area contributed by atoms with Crippen molar-refractivity contribution in [2.45, 2.75) is 0 Å². The minimum absolute atomic E-state index is 0.0604. The van der Waals surface area contributed by atoms with Crippen LogP contribution in [0.4, 0.5) is 0 Å². The Bertz CT molecular complexity index is 747. The Morgan fingerprint density at radius 3 is 2.75 bits per heavy atom. The average Bonchev–Trinajstić information content (AvgIpc) is 2.98. The summed E-state index contributed by atoms with van der Waals surface area (Å²) in [7, 11) is 0. The lowest BCUT2D eigenvalue weighted by molar-refractivity contribution is 0.874. The van der Waals surface area contributed by atoms with Crippen LogP contribution in [0.1, 0.15) is 5.69 Å². The van der Waals surface area contributed by atoms with Crippen LogP contribution in [0.2, 0.25) is 0 Å². The van der Waals surface area contributed by atoms with Gasteiger partial charge in [0.25, 0.3) is 0 Å². The summed E-state index contributed by atoms with van der Waals surface area (Å²) in [6.45, 7) is 0. The fourth-order valence-corrected chi connectivity index (χ4v) is 1.95. The zero-order valence-corrected chi connectivity index (χ0v) is 10.6. The van der Waals surface area contributed by atoms with Crippen molar-refractivity contribution < 1.29 is 0 Å². The van der Waals surface area contributed by atoms with E-state index in [1.807, 2.05) is 30.5 Å². The minimum Gasteiger partial charge on any atom is -0.382 e. The van der Waals surface area contributed by atoms with E-state index >= 15 is 0 Å². The molecule has 0 radical (unpaired) electrons. The number of aromatic nitrogens is 4. The van der Waals surface area contributed by atoms with E-state index in [0.717, 1.165) is 16.8 Å². The van der Waals surface area contributed by atoms with E-state index in [4.69, 9.17) is 11.1 Å². The van der Waals surface area contributed by atoms with E-state index in [2.05, 4.69) is 15.1 Å². The number of amidine groups is 1. The molecule has 0 bridgehead atoms. The van der Waals surface area contributed by atoms with Crippen LogP contribution in [-0.2, 0) is 0 Å². The lowest BCUT2D eigenvalue weighted by atomic mass is 10.1. The summed E-state index contributed by atoms with van der Waals surface area (Å²) in [4.78, 5) is 8.20. The number of rotatable bonds is 3. The molecule has 3 aromatic rings. The number of hydrogen-bond acceptors (Lipinski definition) is 4. The summed E-state index contributed by atoms with van der Waals surface area (Å²) in [6.07, 6.45) is 8.64. The third-order valence-electron chi connectivity index (χ3n) is 2.87. The van der Waals surface area contributed by atoms with Gasteiger partial charge in [0.15, 0.2) is 0 Å². The molecule has 0 amide bonds. The predicted molar refractivity (Wildman–Crippen MR) is 75.6 cm³/mol. The Kier molecular flexibility index (Phi) is 2.96. The van der Waals surface area contributed by atoms with Crippen molar-refractivity contribution in [3.05, 3.63) is 60.9 Å². The molecule has 20 heavy (non-hydrogen) atoms. The predicted octanol–water partition coefficient (Wildman–Crippen LogP) is 1.61. The fraction of sp³-hybridized carbons (Fsp3) is 0. The first-order valence-corrected chi connectivity index (χ1v) is 6.00. The van der Waals surface area contributed by atoms with Gasteiger partial charge in [0, 0.05) is 29.7 Å². The first kappa shape index (κ1) is 12.0. The number of nitrogen functional groups attached to an aromatic ring is 1. The van der Waals surface area contributed by atoms with Crippen LogP contribution in [0.3, 0.4) is 0 Å². The van der Waals surface area contributed by atoms with Gasteiger partial charge in [-0.1, -0.05) is 6.07 Å². The zero-order chi connectivity index (χ0) is 13.9. The first-order chi connectivity index (χ1) is 9.75. The minimum atomic E-state index is -0.0604. The maximum absolute atomic E-state index is 7.57. The number of nitrogens with one attached hydrogen (secondary N) is 1. The maximum Gasteiger partial charge on any atom is 0.142 e. The van der Waals surface area contributed by atoms with Crippen LogP contribution in [-0.4, -0.2) is 25.6 Å². The molecule has 0 aliphatic heterocycles. The largest absolute Gasteiger partial charge is 0.382 e. The molecule has 3 heterocycles. The van der Waals surface area contributed by atoms with Gasteiger partial charge in [-0.2, -0.15) is 5.10 Å². The molecular weight excluding hydrogens is 252 g/mol. The third-order valence-corrected chi connectivity index (χ3v) is 2.87. The summed E-state index contributed by atoms with van der Waals surface area (Å²) >= 11 is 0. The Morgan fingerprint density at radius 2 is 2.00 bits per heavy atom. The van der Waals surface area contributed by atoms with Gasteiger partial charge in [-0.25, -0.2) is 4.68 Å². The number of pyridine rings is 2. The molecule has 3 rings (SSSR count). The second kappa shape index (κ2) is 4.93. The highest BCUT2D eigenvalue weighted by Gasteiger charge is 2.10. The van der Waals surface area contributed by atoms with Crippen LogP contribution < -0.4 is 5.73 Å². The standard InChI is InChI=1S/C14H12N6/c15-14(16)13-12(4-2-6-18-13)10-7-19-20(9-10)11-3-1-5-17-8-11/h1-9H,(H3,15,16). The van der Waals surface area contributed by atoms with Crippen molar-refractivity contribution in [1.29, 1.82) is 5.41 Å². The number of nitrogens with zero attached hydrogens (tertiary/aromatic N) is 4. The summed E-state index contributed by atoms with van der Waals surface area (Å²) < 4.78 is 1.72. The smallest absolute Gasteiger partial charge is 0.142 e. The SMILES string of the molecule is N=C(N)c1ncccc1-c1cnn(-c2cccnc2)c1. The van der Waals surface area contributed by atoms with Crippen molar-refractivity contribution in [3.8, 4) is 16.8 Å². The van der Waals surface area contributed by atoms with Crippen LogP contribution in [0, 0.1) is 5.41 Å². The summed E-state index contributed by atoms with van der Waals surface area (Å²) in [5.74, 6) is -0.0604. The van der Waals surface area contributed by atoms with E-state index in [1.54, 1.807) is 29.5 Å². The zero-order valence-electron chi connectivity index (χ0n) is 10.6.